The van der Waals surface area contributed by atoms with Gasteiger partial charge in [-0.25, -0.2) is 4.39 Å². The summed E-state index contributed by atoms with van der Waals surface area (Å²) in [5.41, 5.74) is 1.35. The van der Waals surface area contributed by atoms with Crippen molar-refractivity contribution in [2.45, 2.75) is 13.0 Å². The molecule has 3 heterocycles. The van der Waals surface area contributed by atoms with E-state index in [1.165, 1.54) is 24.5 Å². The van der Waals surface area contributed by atoms with Crippen LogP contribution in [0.25, 0.3) is 15.7 Å². The summed E-state index contributed by atoms with van der Waals surface area (Å²) in [6, 6.07) is 10.5. The van der Waals surface area contributed by atoms with E-state index in [-0.39, 0.29) is 18.3 Å². The number of hydrogen-bond donors (Lipinski definition) is 1. The number of benzene rings is 1. The molecule has 0 radical (unpaired) electrons. The van der Waals surface area contributed by atoms with Crippen molar-refractivity contribution in [1.82, 2.24) is 19.9 Å². The number of carbonyl (C=O) groups excluding carboxylic acids is 1. The summed E-state index contributed by atoms with van der Waals surface area (Å²) < 4.78 is 22.0. The predicted octanol–water partition coefficient (Wildman–Crippen LogP) is 3.20. The molecule has 1 amide bonds. The molecule has 6 nitrogen and oxygen atoms in total. The lowest BCUT2D eigenvalue weighted by Crippen LogP contribution is -2.26. The van der Waals surface area contributed by atoms with E-state index in [2.05, 4.69) is 15.5 Å². The Labute approximate surface area is 158 Å². The van der Waals surface area contributed by atoms with Crippen molar-refractivity contribution in [2.75, 3.05) is 13.7 Å². The smallest absolute Gasteiger partial charge is 0.261 e. The van der Waals surface area contributed by atoms with Crippen LogP contribution in [-0.2, 0) is 17.8 Å². The Bertz CT molecular complexity index is 1120. The molecular weight excluding hydrogens is 367 g/mol. The molecule has 4 aromatic rings. The molecule has 1 aromatic carbocycles. The van der Waals surface area contributed by atoms with Crippen molar-refractivity contribution in [3.8, 4) is 0 Å². The van der Waals surface area contributed by atoms with E-state index >= 15 is 0 Å². The number of fused-ring (bicyclic) bond motifs is 2. The number of nitrogens with zero attached hydrogens (tertiary/aromatic N) is 3. The molecule has 4 rings (SSSR count). The van der Waals surface area contributed by atoms with Gasteiger partial charge in [-0.2, -0.15) is 0 Å². The van der Waals surface area contributed by atoms with Crippen molar-refractivity contribution < 1.29 is 13.9 Å². The molecule has 3 aromatic heterocycles. The lowest BCUT2D eigenvalue weighted by atomic mass is 10.1. The number of nitrogens with one attached hydrogen (secondary N) is 1. The molecule has 0 aliphatic rings. The van der Waals surface area contributed by atoms with Gasteiger partial charge < -0.3 is 10.1 Å². The van der Waals surface area contributed by atoms with Crippen LogP contribution >= 0.6 is 11.3 Å². The summed E-state index contributed by atoms with van der Waals surface area (Å²) in [4.78, 5) is 13.2. The molecule has 0 aliphatic heterocycles. The molecule has 27 heavy (non-hydrogen) atoms. The molecule has 0 saturated heterocycles. The fourth-order valence-electron chi connectivity index (χ4n) is 3.06. The lowest BCUT2D eigenvalue weighted by molar-refractivity contribution is 0.0954. The third-order valence-electron chi connectivity index (χ3n) is 4.28. The van der Waals surface area contributed by atoms with E-state index in [0.717, 1.165) is 16.2 Å². The number of aromatic nitrogens is 3. The van der Waals surface area contributed by atoms with Crippen molar-refractivity contribution in [2.24, 2.45) is 0 Å². The Morgan fingerprint density at radius 3 is 3.00 bits per heavy atom. The highest BCUT2D eigenvalue weighted by molar-refractivity contribution is 7.21. The van der Waals surface area contributed by atoms with E-state index in [4.69, 9.17) is 4.74 Å². The fraction of sp³-hybridized carbons (Fsp3) is 0.211. The predicted molar refractivity (Wildman–Crippen MR) is 102 cm³/mol. The summed E-state index contributed by atoms with van der Waals surface area (Å²) in [5.74, 6) is 0.187. The second kappa shape index (κ2) is 7.42. The van der Waals surface area contributed by atoms with E-state index in [9.17, 15) is 9.18 Å². The van der Waals surface area contributed by atoms with Gasteiger partial charge in [0.1, 0.15) is 11.6 Å². The van der Waals surface area contributed by atoms with Crippen LogP contribution < -0.4 is 5.32 Å². The van der Waals surface area contributed by atoms with Crippen LogP contribution in [-0.4, -0.2) is 34.2 Å². The minimum absolute atomic E-state index is 0.179. The van der Waals surface area contributed by atoms with Gasteiger partial charge in [-0.15, -0.1) is 21.5 Å². The molecule has 0 saturated carbocycles. The summed E-state index contributed by atoms with van der Waals surface area (Å²) in [6.07, 6.45) is 2.42. The second-order valence-corrected chi connectivity index (χ2v) is 7.06. The zero-order valence-corrected chi connectivity index (χ0v) is 15.4. The number of hydrogen-bond acceptors (Lipinski definition) is 5. The first kappa shape index (κ1) is 17.6. The van der Waals surface area contributed by atoms with Crippen LogP contribution in [0.5, 0.6) is 0 Å². The van der Waals surface area contributed by atoms with Crippen LogP contribution in [0.1, 0.15) is 21.1 Å². The van der Waals surface area contributed by atoms with Gasteiger partial charge in [0, 0.05) is 41.9 Å². The Morgan fingerprint density at radius 1 is 1.26 bits per heavy atom. The highest BCUT2D eigenvalue weighted by atomic mass is 32.1. The number of methoxy groups -OCH3 is 1. The summed E-state index contributed by atoms with van der Waals surface area (Å²) in [5, 5.41) is 11.6. The number of rotatable bonds is 6. The largest absolute Gasteiger partial charge is 0.380 e. The minimum Gasteiger partial charge on any atom is -0.380 e. The Hall–Kier alpha value is -2.84. The molecule has 0 aliphatic carbocycles. The first-order chi connectivity index (χ1) is 13.2. The Morgan fingerprint density at radius 2 is 2.15 bits per heavy atom. The van der Waals surface area contributed by atoms with Crippen molar-refractivity contribution >= 4 is 33.0 Å². The summed E-state index contributed by atoms with van der Waals surface area (Å²) in [6.45, 7) is 0.580. The van der Waals surface area contributed by atoms with Crippen molar-refractivity contribution in [3.05, 3.63) is 64.7 Å². The quantitative estimate of drug-likeness (QED) is 0.554. The van der Waals surface area contributed by atoms with Gasteiger partial charge in [0.05, 0.1) is 11.5 Å². The van der Waals surface area contributed by atoms with Crippen LogP contribution in [0.2, 0.25) is 0 Å². The van der Waals surface area contributed by atoms with Gasteiger partial charge in [0.25, 0.3) is 5.91 Å². The van der Waals surface area contributed by atoms with E-state index in [1.54, 1.807) is 12.1 Å². The molecule has 0 unspecified atom stereocenters. The third-order valence-corrected chi connectivity index (χ3v) is 5.47. The van der Waals surface area contributed by atoms with Crippen LogP contribution in [0, 0.1) is 5.82 Å². The molecule has 8 heteroatoms. The van der Waals surface area contributed by atoms with Gasteiger partial charge in [-0.1, -0.05) is 12.1 Å². The Kier molecular flexibility index (Phi) is 4.83. The zero-order valence-electron chi connectivity index (χ0n) is 14.6. The van der Waals surface area contributed by atoms with Gasteiger partial charge in [0.2, 0.25) is 0 Å². The first-order valence-electron chi connectivity index (χ1n) is 8.44. The van der Waals surface area contributed by atoms with Gasteiger partial charge in [0.15, 0.2) is 5.65 Å². The molecular formula is C19H17FN4O2S. The summed E-state index contributed by atoms with van der Waals surface area (Å²) in [7, 11) is 1.53. The average molecular weight is 384 g/mol. The topological polar surface area (TPSA) is 68.5 Å². The van der Waals surface area contributed by atoms with Crippen LogP contribution in [0.4, 0.5) is 4.39 Å². The third kappa shape index (κ3) is 3.29. The number of thiophene rings is 1. The van der Waals surface area contributed by atoms with Crippen LogP contribution in [0.3, 0.4) is 0 Å². The number of halogens is 1. The highest BCUT2D eigenvalue weighted by Gasteiger charge is 2.20. The summed E-state index contributed by atoms with van der Waals surface area (Å²) >= 11 is 1.27. The maximum atomic E-state index is 14.2. The molecule has 1 N–H and O–H groups in total. The highest BCUT2D eigenvalue weighted by Crippen LogP contribution is 2.33. The fourth-order valence-corrected chi connectivity index (χ4v) is 4.20. The van der Waals surface area contributed by atoms with E-state index in [1.807, 2.05) is 28.8 Å². The number of ether oxygens (including phenoxy) is 1. The standard InChI is InChI=1S/C19H17FN4O2S/c1-26-11-12-17-13(20)5-4-6-14(17)27-18(12)19(25)21-9-8-16-23-22-15-7-2-3-10-24(15)16/h2-7,10H,8-9,11H2,1H3,(H,21,25). The van der Waals surface area contributed by atoms with Gasteiger partial charge in [-0.05, 0) is 24.3 Å². The van der Waals surface area contributed by atoms with Gasteiger partial charge >= 0.3 is 0 Å². The Balaban J connectivity index is 1.53. The molecule has 0 fully saturated rings. The normalized spacial score (nSPS) is 11.3. The van der Waals surface area contributed by atoms with Crippen molar-refractivity contribution in [1.29, 1.82) is 0 Å². The zero-order chi connectivity index (χ0) is 18.8. The number of pyridine rings is 1. The number of carbonyl (C=O) groups is 1. The average Bonchev–Trinajstić information content (AvgIpc) is 3.25. The maximum absolute atomic E-state index is 14.2. The van der Waals surface area contributed by atoms with Gasteiger partial charge in [-0.3, -0.25) is 9.20 Å². The number of amides is 1. The minimum atomic E-state index is -0.343. The molecule has 0 bridgehead atoms. The van der Waals surface area contributed by atoms with Crippen molar-refractivity contribution in [3.63, 3.8) is 0 Å². The second-order valence-electron chi connectivity index (χ2n) is 6.01. The molecule has 0 spiro atoms. The molecule has 138 valence electrons. The first-order valence-corrected chi connectivity index (χ1v) is 9.26. The SMILES string of the molecule is COCc1c(C(=O)NCCc2nnc3ccccn23)sc2cccc(F)c12. The molecule has 0 atom stereocenters. The maximum Gasteiger partial charge on any atom is 0.261 e. The van der Waals surface area contributed by atoms with E-state index in [0.29, 0.717) is 28.8 Å². The monoisotopic (exact) mass is 384 g/mol. The van der Waals surface area contributed by atoms with Crippen LogP contribution in [0.15, 0.2) is 42.6 Å². The van der Waals surface area contributed by atoms with E-state index < -0.39 is 0 Å². The lowest BCUT2D eigenvalue weighted by Gasteiger charge is -2.06.